The first-order valence-electron chi connectivity index (χ1n) is 7.75. The van der Waals surface area contributed by atoms with Crippen LogP contribution in [0.5, 0.6) is 0 Å². The highest BCUT2D eigenvalue weighted by molar-refractivity contribution is 7.99. The van der Waals surface area contributed by atoms with Crippen molar-refractivity contribution < 1.29 is 9.59 Å². The summed E-state index contributed by atoms with van der Waals surface area (Å²) in [6.07, 6.45) is 0.843. The molecular weight excluding hydrogens is 364 g/mol. The average Bonchev–Trinajstić information content (AvgIpc) is 3.07. The Labute approximate surface area is 154 Å². The monoisotopic (exact) mass is 382 g/mol. The molecular formula is C15H19ClN6O2S. The van der Waals surface area contributed by atoms with Crippen molar-refractivity contribution in [2.45, 2.75) is 31.5 Å². The van der Waals surface area contributed by atoms with Crippen molar-refractivity contribution in [2.24, 2.45) is 0 Å². The normalized spacial score (nSPS) is 11.8. The van der Waals surface area contributed by atoms with Gasteiger partial charge in [-0.15, -0.1) is 5.10 Å². The first kappa shape index (κ1) is 19.2. The number of aromatic nitrogens is 4. The van der Waals surface area contributed by atoms with E-state index in [0.29, 0.717) is 16.7 Å². The lowest BCUT2D eigenvalue weighted by molar-refractivity contribution is -0.127. The summed E-state index contributed by atoms with van der Waals surface area (Å²) < 4.78 is 1.52. The fourth-order valence-electron chi connectivity index (χ4n) is 1.89. The molecule has 2 rings (SSSR count). The molecule has 2 N–H and O–H groups in total. The van der Waals surface area contributed by atoms with Crippen LogP contribution in [0.2, 0.25) is 5.02 Å². The number of nitrogens with one attached hydrogen (secondary N) is 2. The van der Waals surface area contributed by atoms with Gasteiger partial charge in [0.15, 0.2) is 0 Å². The molecule has 2 aromatic rings. The van der Waals surface area contributed by atoms with Gasteiger partial charge >= 0.3 is 0 Å². The third-order valence-corrected chi connectivity index (χ3v) is 4.34. The summed E-state index contributed by atoms with van der Waals surface area (Å²) in [4.78, 5) is 23.8. The molecule has 1 aromatic heterocycles. The third-order valence-electron chi connectivity index (χ3n) is 3.16. The van der Waals surface area contributed by atoms with Gasteiger partial charge < -0.3 is 10.6 Å². The number of hydrogen-bond donors (Lipinski definition) is 2. The standard InChI is InChI=1S/C15H19ClN6O2S/c1-3-8-17-14(24)10(2)18-13(23)9-25-15-19-20-21-22(15)12-6-4-11(16)5-7-12/h4-7,10H,3,8-9H2,1-2H3,(H,17,24)(H,18,23)/t10-/m0/s1. The first-order valence-corrected chi connectivity index (χ1v) is 9.11. The number of halogens is 1. The highest BCUT2D eigenvalue weighted by atomic mass is 35.5. The van der Waals surface area contributed by atoms with E-state index >= 15 is 0 Å². The smallest absolute Gasteiger partial charge is 0.242 e. The number of carbonyl (C=O) groups is 2. The van der Waals surface area contributed by atoms with Gasteiger partial charge in [0.2, 0.25) is 17.0 Å². The van der Waals surface area contributed by atoms with E-state index in [4.69, 9.17) is 11.6 Å². The lowest BCUT2D eigenvalue weighted by Gasteiger charge is -2.13. The second-order valence-corrected chi connectivity index (χ2v) is 6.60. The van der Waals surface area contributed by atoms with E-state index < -0.39 is 6.04 Å². The van der Waals surface area contributed by atoms with Gasteiger partial charge in [-0.3, -0.25) is 9.59 Å². The maximum absolute atomic E-state index is 12.0. The molecule has 2 amide bonds. The fourth-order valence-corrected chi connectivity index (χ4v) is 2.72. The maximum atomic E-state index is 12.0. The summed E-state index contributed by atoms with van der Waals surface area (Å²) in [5.74, 6) is -0.375. The fraction of sp³-hybridized carbons (Fsp3) is 0.400. The van der Waals surface area contributed by atoms with E-state index in [1.807, 2.05) is 6.92 Å². The van der Waals surface area contributed by atoms with Gasteiger partial charge in [0, 0.05) is 11.6 Å². The predicted molar refractivity (Wildman–Crippen MR) is 95.8 cm³/mol. The Hall–Kier alpha value is -2.13. The minimum Gasteiger partial charge on any atom is -0.354 e. The summed E-state index contributed by atoms with van der Waals surface area (Å²) in [5.41, 5.74) is 0.740. The molecule has 0 unspecified atom stereocenters. The van der Waals surface area contributed by atoms with E-state index in [-0.39, 0.29) is 17.6 Å². The van der Waals surface area contributed by atoms with Crippen LogP contribution >= 0.6 is 23.4 Å². The van der Waals surface area contributed by atoms with Crippen molar-refractivity contribution in [2.75, 3.05) is 12.3 Å². The lowest BCUT2D eigenvalue weighted by Crippen LogP contribution is -2.45. The second kappa shape index (κ2) is 9.38. The van der Waals surface area contributed by atoms with Crippen LogP contribution in [0.3, 0.4) is 0 Å². The van der Waals surface area contributed by atoms with Gasteiger partial charge in [-0.25, -0.2) is 0 Å². The second-order valence-electron chi connectivity index (χ2n) is 5.22. The molecule has 1 heterocycles. The Morgan fingerprint density at radius 3 is 2.72 bits per heavy atom. The average molecular weight is 383 g/mol. The Morgan fingerprint density at radius 1 is 1.32 bits per heavy atom. The zero-order chi connectivity index (χ0) is 18.2. The van der Waals surface area contributed by atoms with Crippen LogP contribution in [0, 0.1) is 0 Å². The number of tetrazole rings is 1. The molecule has 134 valence electrons. The zero-order valence-corrected chi connectivity index (χ0v) is 15.5. The molecule has 0 aliphatic rings. The predicted octanol–water partition coefficient (Wildman–Crippen LogP) is 1.44. The van der Waals surface area contributed by atoms with Crippen molar-refractivity contribution >= 4 is 35.2 Å². The molecule has 0 spiro atoms. The summed E-state index contributed by atoms with van der Waals surface area (Å²) in [5, 5.41) is 17.9. The molecule has 1 aromatic carbocycles. The lowest BCUT2D eigenvalue weighted by atomic mass is 10.3. The number of benzene rings is 1. The van der Waals surface area contributed by atoms with Crippen molar-refractivity contribution in [1.82, 2.24) is 30.8 Å². The van der Waals surface area contributed by atoms with E-state index in [1.54, 1.807) is 31.2 Å². The zero-order valence-electron chi connectivity index (χ0n) is 13.9. The summed E-state index contributed by atoms with van der Waals surface area (Å²) in [6.45, 7) is 4.19. The van der Waals surface area contributed by atoms with Gasteiger partial charge in [0.05, 0.1) is 11.4 Å². The van der Waals surface area contributed by atoms with Gasteiger partial charge in [0.1, 0.15) is 6.04 Å². The highest BCUT2D eigenvalue weighted by Crippen LogP contribution is 2.19. The summed E-state index contributed by atoms with van der Waals surface area (Å²) >= 11 is 7.05. The Bertz CT molecular complexity index is 721. The Balaban J connectivity index is 1.89. The molecule has 25 heavy (non-hydrogen) atoms. The Morgan fingerprint density at radius 2 is 2.04 bits per heavy atom. The SMILES string of the molecule is CCCNC(=O)[C@H](C)NC(=O)CSc1nnnn1-c1ccc(Cl)cc1. The number of amides is 2. The largest absolute Gasteiger partial charge is 0.354 e. The topological polar surface area (TPSA) is 102 Å². The summed E-state index contributed by atoms with van der Waals surface area (Å²) in [6, 6.07) is 6.44. The quantitative estimate of drug-likeness (QED) is 0.670. The van der Waals surface area contributed by atoms with Crippen LogP contribution in [0.1, 0.15) is 20.3 Å². The maximum Gasteiger partial charge on any atom is 0.242 e. The highest BCUT2D eigenvalue weighted by Gasteiger charge is 2.16. The van der Waals surface area contributed by atoms with Crippen molar-refractivity contribution in [3.05, 3.63) is 29.3 Å². The van der Waals surface area contributed by atoms with Crippen molar-refractivity contribution in [3.63, 3.8) is 0 Å². The van der Waals surface area contributed by atoms with Gasteiger partial charge in [-0.05, 0) is 48.0 Å². The molecule has 8 nitrogen and oxygen atoms in total. The van der Waals surface area contributed by atoms with Crippen LogP contribution in [0.25, 0.3) is 5.69 Å². The third kappa shape index (κ3) is 5.71. The van der Waals surface area contributed by atoms with E-state index in [9.17, 15) is 9.59 Å². The molecule has 1 atom stereocenters. The van der Waals surface area contributed by atoms with Crippen LogP contribution in [0.4, 0.5) is 0 Å². The molecule has 0 aliphatic heterocycles. The van der Waals surface area contributed by atoms with Crippen LogP contribution in [-0.2, 0) is 9.59 Å². The van der Waals surface area contributed by atoms with Crippen LogP contribution in [0.15, 0.2) is 29.4 Å². The number of thioether (sulfide) groups is 1. The number of hydrogen-bond acceptors (Lipinski definition) is 6. The number of carbonyl (C=O) groups excluding carboxylic acids is 2. The molecule has 0 aliphatic carbocycles. The molecule has 0 saturated carbocycles. The minimum atomic E-state index is -0.591. The molecule has 10 heteroatoms. The number of nitrogens with zero attached hydrogens (tertiary/aromatic N) is 4. The molecule has 0 bridgehead atoms. The van der Waals surface area contributed by atoms with Crippen molar-refractivity contribution in [1.29, 1.82) is 0 Å². The molecule has 0 saturated heterocycles. The van der Waals surface area contributed by atoms with Gasteiger partial charge in [-0.2, -0.15) is 4.68 Å². The van der Waals surface area contributed by atoms with Crippen molar-refractivity contribution in [3.8, 4) is 5.69 Å². The Kier molecular flexibility index (Phi) is 7.20. The minimum absolute atomic E-state index is 0.0966. The summed E-state index contributed by atoms with van der Waals surface area (Å²) in [7, 11) is 0. The van der Waals surface area contributed by atoms with Crippen LogP contribution < -0.4 is 10.6 Å². The molecule has 0 fully saturated rings. The number of rotatable bonds is 8. The van der Waals surface area contributed by atoms with Gasteiger partial charge in [-0.1, -0.05) is 30.3 Å². The van der Waals surface area contributed by atoms with E-state index in [1.165, 1.54) is 16.4 Å². The molecule has 0 radical (unpaired) electrons. The van der Waals surface area contributed by atoms with Crippen LogP contribution in [-0.4, -0.2) is 50.4 Å². The van der Waals surface area contributed by atoms with Gasteiger partial charge in [0.25, 0.3) is 0 Å². The van der Waals surface area contributed by atoms with E-state index in [2.05, 4.69) is 26.2 Å². The first-order chi connectivity index (χ1) is 12.0. The van der Waals surface area contributed by atoms with E-state index in [0.717, 1.165) is 12.1 Å².